The van der Waals surface area contributed by atoms with Crippen LogP contribution in [-0.4, -0.2) is 19.8 Å². The molecule has 1 rings (SSSR count). The lowest BCUT2D eigenvalue weighted by atomic mass is 10.0. The number of nitrogens with one attached hydrogen (secondary N) is 1. The molecule has 1 N–H and O–H groups in total. The monoisotopic (exact) mass is 257 g/mol. The van der Waals surface area contributed by atoms with E-state index in [1.807, 2.05) is 6.92 Å². The predicted molar refractivity (Wildman–Crippen MR) is 68.5 cm³/mol. The van der Waals surface area contributed by atoms with Crippen molar-refractivity contribution < 1.29 is 13.5 Å². The van der Waals surface area contributed by atoms with Gasteiger partial charge in [-0.3, -0.25) is 0 Å². The second-order valence-electron chi connectivity index (χ2n) is 4.18. The Labute approximate surface area is 107 Å². The molecule has 1 unspecified atom stereocenters. The first-order valence-electron chi connectivity index (χ1n) is 6.45. The molecule has 1 aromatic carbocycles. The summed E-state index contributed by atoms with van der Waals surface area (Å²) in [5, 5.41) is 3.25. The van der Waals surface area contributed by atoms with Gasteiger partial charge in [-0.25, -0.2) is 8.78 Å². The van der Waals surface area contributed by atoms with E-state index in [9.17, 15) is 8.78 Å². The van der Waals surface area contributed by atoms with Crippen molar-refractivity contribution in [2.45, 2.75) is 32.7 Å². The zero-order valence-electron chi connectivity index (χ0n) is 11.0. The van der Waals surface area contributed by atoms with E-state index in [0.717, 1.165) is 31.6 Å². The number of hydrogen-bond acceptors (Lipinski definition) is 2. The topological polar surface area (TPSA) is 21.3 Å². The van der Waals surface area contributed by atoms with Crippen LogP contribution in [0.15, 0.2) is 18.2 Å². The molecule has 1 atom stereocenters. The van der Waals surface area contributed by atoms with E-state index < -0.39 is 11.6 Å². The second kappa shape index (κ2) is 8.16. The minimum Gasteiger partial charge on any atom is -0.381 e. The number of halogens is 2. The van der Waals surface area contributed by atoms with E-state index >= 15 is 0 Å². The minimum atomic E-state index is -0.809. The molecule has 102 valence electrons. The van der Waals surface area contributed by atoms with Crippen LogP contribution in [0, 0.1) is 11.6 Å². The quantitative estimate of drug-likeness (QED) is 0.720. The Morgan fingerprint density at radius 3 is 2.56 bits per heavy atom. The third-order valence-electron chi connectivity index (χ3n) is 2.70. The van der Waals surface area contributed by atoms with Gasteiger partial charge in [-0.1, -0.05) is 19.9 Å². The summed E-state index contributed by atoms with van der Waals surface area (Å²) in [5.41, 5.74) is 0.760. The van der Waals surface area contributed by atoms with Crippen LogP contribution in [0.5, 0.6) is 0 Å². The van der Waals surface area contributed by atoms with Gasteiger partial charge < -0.3 is 10.1 Å². The molecule has 4 heteroatoms. The summed E-state index contributed by atoms with van der Waals surface area (Å²) in [7, 11) is 0. The highest BCUT2D eigenvalue weighted by Crippen LogP contribution is 2.19. The highest BCUT2D eigenvalue weighted by atomic mass is 19.2. The summed E-state index contributed by atoms with van der Waals surface area (Å²) in [6.45, 7) is 6.16. The van der Waals surface area contributed by atoms with Crippen LogP contribution >= 0.6 is 0 Å². The Hall–Kier alpha value is -1.00. The molecule has 1 aromatic rings. The van der Waals surface area contributed by atoms with Gasteiger partial charge in [-0.15, -0.1) is 0 Å². The van der Waals surface area contributed by atoms with Crippen molar-refractivity contribution >= 4 is 0 Å². The number of hydrogen-bond donors (Lipinski definition) is 1. The molecule has 18 heavy (non-hydrogen) atoms. The molecule has 0 spiro atoms. The van der Waals surface area contributed by atoms with Gasteiger partial charge in [0.15, 0.2) is 11.6 Å². The van der Waals surface area contributed by atoms with E-state index in [1.54, 1.807) is 6.07 Å². The molecule has 2 nitrogen and oxygen atoms in total. The maximum Gasteiger partial charge on any atom is 0.159 e. The van der Waals surface area contributed by atoms with Crippen molar-refractivity contribution in [1.29, 1.82) is 0 Å². The Morgan fingerprint density at radius 2 is 1.94 bits per heavy atom. The van der Waals surface area contributed by atoms with Crippen molar-refractivity contribution in [3.63, 3.8) is 0 Å². The Morgan fingerprint density at radius 1 is 1.17 bits per heavy atom. The highest BCUT2D eigenvalue weighted by Gasteiger charge is 2.12. The standard InChI is InChI=1S/C14H21F2NO/c1-3-8-18-9-7-14(17-4-2)11-5-6-12(15)13(16)10-11/h5-6,10,14,17H,3-4,7-9H2,1-2H3. The number of ether oxygens (including phenoxy) is 1. The summed E-state index contributed by atoms with van der Waals surface area (Å²) < 4.78 is 31.5. The molecule has 0 aromatic heterocycles. The van der Waals surface area contributed by atoms with E-state index in [-0.39, 0.29) is 6.04 Å². The van der Waals surface area contributed by atoms with Gasteiger partial charge in [-0.2, -0.15) is 0 Å². The van der Waals surface area contributed by atoms with Gasteiger partial charge >= 0.3 is 0 Å². The molecule has 0 saturated carbocycles. The summed E-state index contributed by atoms with van der Waals surface area (Å²) >= 11 is 0. The summed E-state index contributed by atoms with van der Waals surface area (Å²) in [4.78, 5) is 0. The minimum absolute atomic E-state index is 0.00181. The second-order valence-corrected chi connectivity index (χ2v) is 4.18. The fraction of sp³-hybridized carbons (Fsp3) is 0.571. The Kier molecular flexibility index (Phi) is 6.83. The average molecular weight is 257 g/mol. The summed E-state index contributed by atoms with van der Waals surface area (Å²) in [5.74, 6) is -1.61. The van der Waals surface area contributed by atoms with Gasteiger partial charge in [0.05, 0.1) is 0 Å². The van der Waals surface area contributed by atoms with Crippen molar-refractivity contribution in [2.24, 2.45) is 0 Å². The number of rotatable bonds is 8. The Bertz CT molecular complexity index is 358. The molecule has 0 heterocycles. The average Bonchev–Trinajstić information content (AvgIpc) is 2.37. The molecule has 0 aliphatic heterocycles. The molecular weight excluding hydrogens is 236 g/mol. The van der Waals surface area contributed by atoms with Gasteiger partial charge in [-0.05, 0) is 37.1 Å². The largest absolute Gasteiger partial charge is 0.381 e. The highest BCUT2D eigenvalue weighted by molar-refractivity contribution is 5.21. The lowest BCUT2D eigenvalue weighted by Crippen LogP contribution is -2.22. The van der Waals surface area contributed by atoms with Crippen molar-refractivity contribution in [2.75, 3.05) is 19.8 Å². The van der Waals surface area contributed by atoms with Gasteiger partial charge in [0.2, 0.25) is 0 Å². The van der Waals surface area contributed by atoms with E-state index in [4.69, 9.17) is 4.74 Å². The van der Waals surface area contributed by atoms with Crippen LogP contribution in [0.4, 0.5) is 8.78 Å². The molecule has 0 saturated heterocycles. The molecule has 0 bridgehead atoms. The van der Waals surface area contributed by atoms with Crippen LogP contribution in [0.3, 0.4) is 0 Å². The van der Waals surface area contributed by atoms with Crippen molar-refractivity contribution in [1.82, 2.24) is 5.32 Å². The van der Waals surface area contributed by atoms with Gasteiger partial charge in [0.25, 0.3) is 0 Å². The van der Waals surface area contributed by atoms with E-state index in [0.29, 0.717) is 6.61 Å². The van der Waals surface area contributed by atoms with E-state index in [1.165, 1.54) is 12.1 Å². The molecule has 0 amide bonds. The summed E-state index contributed by atoms with van der Waals surface area (Å²) in [6.07, 6.45) is 1.73. The third-order valence-corrected chi connectivity index (χ3v) is 2.70. The van der Waals surface area contributed by atoms with Crippen LogP contribution in [0.2, 0.25) is 0 Å². The maximum absolute atomic E-state index is 13.2. The van der Waals surface area contributed by atoms with Gasteiger partial charge in [0.1, 0.15) is 0 Å². The third kappa shape index (κ3) is 4.70. The fourth-order valence-corrected chi connectivity index (χ4v) is 1.81. The molecule has 0 aliphatic rings. The lowest BCUT2D eigenvalue weighted by Gasteiger charge is -2.18. The normalized spacial score (nSPS) is 12.7. The first-order chi connectivity index (χ1) is 8.69. The Balaban J connectivity index is 2.61. The van der Waals surface area contributed by atoms with Crippen LogP contribution in [0.25, 0.3) is 0 Å². The van der Waals surface area contributed by atoms with Crippen molar-refractivity contribution in [3.05, 3.63) is 35.4 Å². The summed E-state index contributed by atoms with van der Waals surface area (Å²) in [6, 6.07) is 4.04. The van der Waals surface area contributed by atoms with Crippen molar-refractivity contribution in [3.8, 4) is 0 Å². The lowest BCUT2D eigenvalue weighted by molar-refractivity contribution is 0.124. The SMILES string of the molecule is CCCOCCC(NCC)c1ccc(F)c(F)c1. The molecule has 0 fully saturated rings. The van der Waals surface area contributed by atoms with Crippen LogP contribution < -0.4 is 5.32 Å². The molecular formula is C14H21F2NO. The first kappa shape index (κ1) is 15.1. The van der Waals surface area contributed by atoms with Gasteiger partial charge in [0, 0.05) is 19.3 Å². The molecule has 0 aliphatic carbocycles. The maximum atomic E-state index is 13.2. The van der Waals surface area contributed by atoms with Crippen LogP contribution in [-0.2, 0) is 4.74 Å². The fourth-order valence-electron chi connectivity index (χ4n) is 1.81. The molecule has 0 radical (unpaired) electrons. The van der Waals surface area contributed by atoms with Crippen LogP contribution in [0.1, 0.15) is 38.3 Å². The number of benzene rings is 1. The zero-order chi connectivity index (χ0) is 13.4. The smallest absolute Gasteiger partial charge is 0.159 e. The van der Waals surface area contributed by atoms with E-state index in [2.05, 4.69) is 12.2 Å². The zero-order valence-corrected chi connectivity index (χ0v) is 11.0. The predicted octanol–water partition coefficient (Wildman–Crippen LogP) is 3.43. The first-order valence-corrected chi connectivity index (χ1v) is 6.45.